The van der Waals surface area contributed by atoms with E-state index in [0.717, 1.165) is 22.3 Å². The van der Waals surface area contributed by atoms with E-state index in [-0.39, 0.29) is 44.1 Å². The van der Waals surface area contributed by atoms with Crippen LogP contribution in [0.15, 0.2) is 54.6 Å². The van der Waals surface area contributed by atoms with Crippen LogP contribution < -0.4 is 4.74 Å². The Morgan fingerprint density at radius 1 is 0.947 bits per heavy atom. The molecule has 4 unspecified atom stereocenters. The molecule has 0 bridgehead atoms. The monoisotopic (exact) mass is 537 g/mol. The maximum Gasteiger partial charge on any atom is 0.296 e. The molecule has 2 aromatic heterocycles. The van der Waals surface area contributed by atoms with Crippen molar-refractivity contribution >= 4 is 22.8 Å². The SMILES string of the molecule is CC(CO)(CO)c1ccc(-c2ccc(-c3nc4nc(OC5COC6C(O)COC56)[nH]c4cc3Cl)cc2)cc1. The van der Waals surface area contributed by atoms with Gasteiger partial charge in [0.05, 0.1) is 42.7 Å². The summed E-state index contributed by atoms with van der Waals surface area (Å²) in [5, 5.41) is 29.7. The lowest BCUT2D eigenvalue weighted by Crippen LogP contribution is -2.34. The van der Waals surface area contributed by atoms with E-state index in [1.54, 1.807) is 6.07 Å². The van der Waals surface area contributed by atoms with Gasteiger partial charge >= 0.3 is 0 Å². The van der Waals surface area contributed by atoms with Crippen LogP contribution in [-0.2, 0) is 14.9 Å². The molecular formula is C28H28ClN3O6. The van der Waals surface area contributed by atoms with Crippen molar-refractivity contribution in [3.05, 3.63) is 65.2 Å². The van der Waals surface area contributed by atoms with Crippen molar-refractivity contribution in [2.24, 2.45) is 0 Å². The first kappa shape index (κ1) is 25.2. The van der Waals surface area contributed by atoms with Gasteiger partial charge in [-0.2, -0.15) is 4.98 Å². The molecule has 0 aliphatic carbocycles. The molecule has 4 N–H and O–H groups in total. The minimum atomic E-state index is -0.680. The van der Waals surface area contributed by atoms with Gasteiger partial charge in [0.25, 0.3) is 6.01 Å². The molecular weight excluding hydrogens is 510 g/mol. The zero-order valence-corrected chi connectivity index (χ0v) is 21.4. The van der Waals surface area contributed by atoms with Crippen molar-refractivity contribution in [3.8, 4) is 28.4 Å². The first-order valence-electron chi connectivity index (χ1n) is 12.5. The average Bonchev–Trinajstić information content (AvgIpc) is 3.64. The third-order valence-electron chi connectivity index (χ3n) is 7.42. The Balaban J connectivity index is 1.21. The second-order valence-corrected chi connectivity index (χ2v) is 10.5. The highest BCUT2D eigenvalue weighted by atomic mass is 35.5. The average molecular weight is 538 g/mol. The Labute approximate surface area is 224 Å². The van der Waals surface area contributed by atoms with Crippen LogP contribution in [0.3, 0.4) is 0 Å². The number of nitrogens with one attached hydrogen (secondary N) is 1. The smallest absolute Gasteiger partial charge is 0.296 e. The van der Waals surface area contributed by atoms with Crippen LogP contribution in [0, 0.1) is 0 Å². The third-order valence-corrected chi connectivity index (χ3v) is 7.71. The van der Waals surface area contributed by atoms with Crippen molar-refractivity contribution in [2.75, 3.05) is 26.4 Å². The normalized spacial score (nSPS) is 23.2. The van der Waals surface area contributed by atoms with E-state index in [1.807, 2.05) is 55.5 Å². The molecule has 4 heterocycles. The number of ether oxygens (including phenoxy) is 3. The highest BCUT2D eigenvalue weighted by Gasteiger charge is 2.48. The Hall–Kier alpha value is -3.05. The summed E-state index contributed by atoms with van der Waals surface area (Å²) in [5.41, 5.74) is 4.79. The number of hydrogen-bond donors (Lipinski definition) is 4. The number of rotatable bonds is 7. The Bertz CT molecular complexity index is 1440. The summed E-state index contributed by atoms with van der Waals surface area (Å²) in [5.74, 6) is 0. The molecule has 10 heteroatoms. The van der Waals surface area contributed by atoms with Crippen LogP contribution in [0.5, 0.6) is 6.01 Å². The fraction of sp³-hybridized carbons (Fsp3) is 0.357. The van der Waals surface area contributed by atoms with Gasteiger partial charge in [-0.25, -0.2) is 4.98 Å². The van der Waals surface area contributed by atoms with Crippen molar-refractivity contribution in [3.63, 3.8) is 0 Å². The van der Waals surface area contributed by atoms with Crippen LogP contribution in [0.4, 0.5) is 0 Å². The Kier molecular flexibility index (Phi) is 6.59. The van der Waals surface area contributed by atoms with Gasteiger partial charge in [0.2, 0.25) is 0 Å². The van der Waals surface area contributed by atoms with Gasteiger partial charge in [0, 0.05) is 11.0 Å². The van der Waals surface area contributed by atoms with Crippen molar-refractivity contribution in [1.82, 2.24) is 15.0 Å². The lowest BCUT2D eigenvalue weighted by atomic mass is 9.83. The van der Waals surface area contributed by atoms with Crippen molar-refractivity contribution < 1.29 is 29.5 Å². The largest absolute Gasteiger partial charge is 0.456 e. The minimum absolute atomic E-state index is 0.131. The zero-order valence-electron chi connectivity index (χ0n) is 20.7. The van der Waals surface area contributed by atoms with Gasteiger partial charge in [-0.15, -0.1) is 0 Å². The topological polar surface area (TPSA) is 130 Å². The van der Waals surface area contributed by atoms with Gasteiger partial charge in [-0.3, -0.25) is 0 Å². The molecule has 38 heavy (non-hydrogen) atoms. The molecule has 9 nitrogen and oxygen atoms in total. The molecule has 4 atom stereocenters. The van der Waals surface area contributed by atoms with Crippen LogP contribution in [0.1, 0.15) is 12.5 Å². The fourth-order valence-corrected chi connectivity index (χ4v) is 5.22. The summed E-state index contributed by atoms with van der Waals surface area (Å²) < 4.78 is 17.2. The molecule has 2 saturated heterocycles. The number of H-pyrrole nitrogens is 1. The number of halogens is 1. The molecule has 0 radical (unpaired) electrons. The van der Waals surface area contributed by atoms with Gasteiger partial charge in [-0.1, -0.05) is 67.1 Å². The van der Waals surface area contributed by atoms with E-state index in [0.29, 0.717) is 28.5 Å². The summed E-state index contributed by atoms with van der Waals surface area (Å²) in [6, 6.07) is 17.8. The molecule has 2 fully saturated rings. The molecule has 2 aromatic carbocycles. The third kappa shape index (κ3) is 4.45. The molecule has 6 rings (SSSR count). The molecule has 0 amide bonds. The van der Waals surface area contributed by atoms with E-state index < -0.39 is 11.5 Å². The highest BCUT2D eigenvalue weighted by molar-refractivity contribution is 6.33. The number of aliphatic hydroxyl groups is 3. The lowest BCUT2D eigenvalue weighted by Gasteiger charge is -2.25. The summed E-state index contributed by atoms with van der Waals surface area (Å²) >= 11 is 6.59. The Morgan fingerprint density at radius 3 is 2.26 bits per heavy atom. The molecule has 0 saturated carbocycles. The number of aromatic nitrogens is 3. The second kappa shape index (κ2) is 9.92. The molecule has 4 aromatic rings. The van der Waals surface area contributed by atoms with Gasteiger partial charge in [0.1, 0.15) is 18.3 Å². The summed E-state index contributed by atoms with van der Waals surface area (Å²) in [7, 11) is 0. The molecule has 0 spiro atoms. The highest BCUT2D eigenvalue weighted by Crippen LogP contribution is 2.33. The Morgan fingerprint density at radius 2 is 1.58 bits per heavy atom. The molecule has 198 valence electrons. The molecule has 2 aliphatic heterocycles. The number of benzene rings is 2. The number of nitrogens with zero attached hydrogens (tertiary/aromatic N) is 2. The lowest BCUT2D eigenvalue weighted by molar-refractivity contribution is 0.00706. The first-order valence-corrected chi connectivity index (χ1v) is 12.8. The number of imidazole rings is 1. The van der Waals surface area contributed by atoms with E-state index in [1.165, 1.54) is 0 Å². The summed E-state index contributed by atoms with van der Waals surface area (Å²) in [6.45, 7) is 2.10. The molecule has 2 aliphatic rings. The number of aliphatic hydroxyl groups excluding tert-OH is 3. The predicted octanol–water partition coefficient (Wildman–Crippen LogP) is 3.09. The van der Waals surface area contributed by atoms with Crippen LogP contribution in [-0.4, -0.2) is 81.1 Å². The summed E-state index contributed by atoms with van der Waals surface area (Å²) in [4.78, 5) is 12.3. The number of pyridine rings is 1. The van der Waals surface area contributed by atoms with E-state index in [4.69, 9.17) is 25.8 Å². The number of aromatic amines is 1. The van der Waals surface area contributed by atoms with Gasteiger partial charge in [0.15, 0.2) is 11.8 Å². The van der Waals surface area contributed by atoms with Crippen molar-refractivity contribution in [2.45, 2.75) is 36.8 Å². The van der Waals surface area contributed by atoms with E-state index in [9.17, 15) is 15.3 Å². The van der Waals surface area contributed by atoms with E-state index >= 15 is 0 Å². The van der Waals surface area contributed by atoms with Crippen molar-refractivity contribution in [1.29, 1.82) is 0 Å². The number of fused-ring (bicyclic) bond motifs is 2. The van der Waals surface area contributed by atoms with Gasteiger partial charge in [-0.05, 0) is 22.8 Å². The first-order chi connectivity index (χ1) is 18.4. The maximum atomic E-state index is 9.94. The number of hydrogen-bond acceptors (Lipinski definition) is 8. The quantitative estimate of drug-likeness (QED) is 0.283. The van der Waals surface area contributed by atoms with E-state index in [2.05, 4.69) is 15.0 Å². The zero-order chi connectivity index (χ0) is 26.4. The predicted molar refractivity (Wildman–Crippen MR) is 141 cm³/mol. The van der Waals surface area contributed by atoms with Crippen LogP contribution in [0.25, 0.3) is 33.5 Å². The minimum Gasteiger partial charge on any atom is -0.456 e. The standard InChI is InChI=1S/C28H28ClN3O6/c1-28(13-33,14-34)18-8-6-16(7-9-18)15-2-4-17(5-3-15)23-19(29)10-20-26(31-23)32-27(30-20)38-22-12-37-24-21(35)11-36-25(22)24/h2-10,21-22,24-25,33-35H,11-14H2,1H3,(H,30,31,32). The summed E-state index contributed by atoms with van der Waals surface area (Å²) in [6.07, 6.45) is -1.75. The fourth-order valence-electron chi connectivity index (χ4n) is 4.96. The van der Waals surface area contributed by atoms with Crippen LogP contribution in [0.2, 0.25) is 5.02 Å². The van der Waals surface area contributed by atoms with Crippen LogP contribution >= 0.6 is 11.6 Å². The maximum absolute atomic E-state index is 9.94. The van der Waals surface area contributed by atoms with Gasteiger partial charge < -0.3 is 34.5 Å². The second-order valence-electron chi connectivity index (χ2n) is 10.1.